The molecule has 0 radical (unpaired) electrons. The minimum absolute atomic E-state index is 0.277. The van der Waals surface area contributed by atoms with Crippen molar-refractivity contribution in [2.45, 2.75) is 0 Å². The van der Waals surface area contributed by atoms with Crippen LogP contribution in [0.3, 0.4) is 0 Å². The minimum Gasteiger partial charge on any atom is -0.497 e. The third-order valence-electron chi connectivity index (χ3n) is 3.83. The third-order valence-corrected chi connectivity index (χ3v) is 4.16. The number of hydrogen-bond acceptors (Lipinski definition) is 4. The maximum Gasteiger partial charge on any atom is 0.255 e. The van der Waals surface area contributed by atoms with Crippen LogP contribution in [0.25, 0.3) is 0 Å². The first-order chi connectivity index (χ1) is 13.1. The zero-order chi connectivity index (χ0) is 19.2. The number of ether oxygens (including phenoxy) is 3. The normalized spacial score (nSPS) is 10.2. The Labute approximate surface area is 162 Å². The first kappa shape index (κ1) is 18.6. The molecule has 3 rings (SSSR count). The SMILES string of the molecule is COc1ccc(Oc2ccc(C(=O)Nc3cc(OC)ccc3Cl)cc2)cc1. The molecule has 0 bridgehead atoms. The van der Waals surface area contributed by atoms with Crippen LogP contribution in [0, 0.1) is 0 Å². The molecule has 0 fully saturated rings. The van der Waals surface area contributed by atoms with Gasteiger partial charge in [-0.2, -0.15) is 0 Å². The summed E-state index contributed by atoms with van der Waals surface area (Å²) in [7, 11) is 3.16. The molecule has 0 atom stereocenters. The summed E-state index contributed by atoms with van der Waals surface area (Å²) >= 11 is 6.12. The van der Waals surface area contributed by atoms with E-state index in [1.165, 1.54) is 0 Å². The van der Waals surface area contributed by atoms with Gasteiger partial charge in [0.25, 0.3) is 5.91 Å². The summed E-state index contributed by atoms with van der Waals surface area (Å²) in [5.74, 6) is 2.39. The zero-order valence-electron chi connectivity index (χ0n) is 14.9. The van der Waals surface area contributed by atoms with Gasteiger partial charge >= 0.3 is 0 Å². The highest BCUT2D eigenvalue weighted by Crippen LogP contribution is 2.28. The van der Waals surface area contributed by atoms with E-state index < -0.39 is 0 Å². The van der Waals surface area contributed by atoms with Crippen molar-refractivity contribution >= 4 is 23.2 Å². The van der Waals surface area contributed by atoms with E-state index in [0.717, 1.165) is 5.75 Å². The summed E-state index contributed by atoms with van der Waals surface area (Å²) in [5.41, 5.74) is 0.968. The van der Waals surface area contributed by atoms with Crippen LogP contribution in [0.15, 0.2) is 66.7 Å². The van der Waals surface area contributed by atoms with Gasteiger partial charge in [-0.1, -0.05) is 11.6 Å². The summed E-state index contributed by atoms with van der Waals surface area (Å²) in [6.07, 6.45) is 0. The molecule has 0 aliphatic rings. The second-order valence-corrected chi connectivity index (χ2v) is 6.01. The van der Waals surface area contributed by atoms with Crippen LogP contribution in [-0.4, -0.2) is 20.1 Å². The number of hydrogen-bond donors (Lipinski definition) is 1. The van der Waals surface area contributed by atoms with Crippen LogP contribution in [0.1, 0.15) is 10.4 Å². The molecule has 0 spiro atoms. The average Bonchev–Trinajstić information content (AvgIpc) is 2.70. The molecular formula is C21H18ClNO4. The molecule has 6 heteroatoms. The predicted molar refractivity (Wildman–Crippen MR) is 105 cm³/mol. The number of carbonyl (C=O) groups is 1. The van der Waals surface area contributed by atoms with Crippen LogP contribution in [-0.2, 0) is 0 Å². The molecule has 0 aromatic heterocycles. The van der Waals surface area contributed by atoms with E-state index in [-0.39, 0.29) is 5.91 Å². The monoisotopic (exact) mass is 383 g/mol. The molecule has 0 heterocycles. The number of carbonyl (C=O) groups excluding carboxylic acids is 1. The molecule has 0 saturated heterocycles. The molecule has 138 valence electrons. The smallest absolute Gasteiger partial charge is 0.255 e. The van der Waals surface area contributed by atoms with E-state index >= 15 is 0 Å². The van der Waals surface area contributed by atoms with E-state index in [9.17, 15) is 4.79 Å². The lowest BCUT2D eigenvalue weighted by molar-refractivity contribution is 0.102. The standard InChI is InChI=1S/C21H18ClNO4/c1-25-15-7-9-17(10-8-15)27-16-5-3-14(4-6-16)21(24)23-20-13-18(26-2)11-12-19(20)22/h3-13H,1-2H3,(H,23,24). The Bertz CT molecular complexity index is 924. The van der Waals surface area contributed by atoms with Crippen LogP contribution in [0.2, 0.25) is 5.02 Å². The number of benzene rings is 3. The number of anilines is 1. The lowest BCUT2D eigenvalue weighted by atomic mass is 10.2. The Kier molecular flexibility index (Phi) is 5.84. The first-order valence-electron chi connectivity index (χ1n) is 8.16. The van der Waals surface area contributed by atoms with Gasteiger partial charge in [0.15, 0.2) is 0 Å². The van der Waals surface area contributed by atoms with Gasteiger partial charge in [-0.3, -0.25) is 4.79 Å². The van der Waals surface area contributed by atoms with Crippen molar-refractivity contribution in [2.24, 2.45) is 0 Å². The van der Waals surface area contributed by atoms with Crippen molar-refractivity contribution in [3.63, 3.8) is 0 Å². The summed E-state index contributed by atoms with van der Waals surface area (Å²) in [5, 5.41) is 3.21. The Hall–Kier alpha value is -3.18. The molecule has 1 amide bonds. The van der Waals surface area contributed by atoms with E-state index in [1.54, 1.807) is 56.7 Å². The van der Waals surface area contributed by atoms with Gasteiger partial charge in [-0.25, -0.2) is 0 Å². The van der Waals surface area contributed by atoms with Crippen molar-refractivity contribution in [1.82, 2.24) is 0 Å². The van der Waals surface area contributed by atoms with Crippen molar-refractivity contribution in [1.29, 1.82) is 0 Å². The van der Waals surface area contributed by atoms with Crippen LogP contribution >= 0.6 is 11.6 Å². The van der Waals surface area contributed by atoms with Gasteiger partial charge < -0.3 is 19.5 Å². The largest absolute Gasteiger partial charge is 0.497 e. The summed E-state index contributed by atoms with van der Waals surface area (Å²) < 4.78 is 16.0. The molecule has 1 N–H and O–H groups in total. The summed E-state index contributed by atoms with van der Waals surface area (Å²) in [6.45, 7) is 0. The molecular weight excluding hydrogens is 366 g/mol. The second kappa shape index (κ2) is 8.47. The summed E-state index contributed by atoms with van der Waals surface area (Å²) in [4.78, 5) is 12.4. The van der Waals surface area contributed by atoms with Crippen LogP contribution in [0.4, 0.5) is 5.69 Å². The number of methoxy groups -OCH3 is 2. The lowest BCUT2D eigenvalue weighted by Gasteiger charge is -2.10. The molecule has 5 nitrogen and oxygen atoms in total. The molecule has 3 aromatic carbocycles. The van der Waals surface area contributed by atoms with Crippen LogP contribution in [0.5, 0.6) is 23.0 Å². The van der Waals surface area contributed by atoms with E-state index in [2.05, 4.69) is 5.32 Å². The number of halogens is 1. The number of rotatable bonds is 6. The quantitative estimate of drug-likeness (QED) is 0.619. The van der Waals surface area contributed by atoms with Crippen molar-refractivity contribution in [3.05, 3.63) is 77.3 Å². The predicted octanol–water partition coefficient (Wildman–Crippen LogP) is 5.40. The van der Waals surface area contributed by atoms with Gasteiger partial charge in [0, 0.05) is 11.6 Å². The van der Waals surface area contributed by atoms with E-state index in [1.807, 2.05) is 24.3 Å². The first-order valence-corrected chi connectivity index (χ1v) is 8.53. The topological polar surface area (TPSA) is 56.8 Å². The molecule has 0 saturated carbocycles. The van der Waals surface area contributed by atoms with Crippen molar-refractivity contribution < 1.29 is 19.0 Å². The van der Waals surface area contributed by atoms with Crippen LogP contribution < -0.4 is 19.5 Å². The fourth-order valence-electron chi connectivity index (χ4n) is 2.38. The highest BCUT2D eigenvalue weighted by atomic mass is 35.5. The average molecular weight is 384 g/mol. The zero-order valence-corrected chi connectivity index (χ0v) is 15.6. The molecule has 0 unspecified atom stereocenters. The number of amides is 1. The second-order valence-electron chi connectivity index (χ2n) is 5.60. The number of nitrogens with one attached hydrogen (secondary N) is 1. The van der Waals surface area contributed by atoms with Gasteiger partial charge in [-0.05, 0) is 60.7 Å². The molecule has 3 aromatic rings. The molecule has 0 aliphatic heterocycles. The summed E-state index contributed by atoms with van der Waals surface area (Å²) in [6, 6.07) is 19.1. The highest BCUT2D eigenvalue weighted by molar-refractivity contribution is 6.34. The fraction of sp³-hybridized carbons (Fsp3) is 0.0952. The minimum atomic E-state index is -0.277. The fourth-order valence-corrected chi connectivity index (χ4v) is 2.54. The van der Waals surface area contributed by atoms with E-state index in [4.69, 9.17) is 25.8 Å². The Balaban J connectivity index is 1.68. The van der Waals surface area contributed by atoms with Gasteiger partial charge in [0.2, 0.25) is 0 Å². The van der Waals surface area contributed by atoms with Gasteiger partial charge in [0.1, 0.15) is 23.0 Å². The lowest BCUT2D eigenvalue weighted by Crippen LogP contribution is -2.12. The molecule has 27 heavy (non-hydrogen) atoms. The third kappa shape index (κ3) is 4.71. The molecule has 0 aliphatic carbocycles. The van der Waals surface area contributed by atoms with Crippen molar-refractivity contribution in [2.75, 3.05) is 19.5 Å². The van der Waals surface area contributed by atoms with Gasteiger partial charge in [0.05, 0.1) is 24.9 Å². The van der Waals surface area contributed by atoms with E-state index in [0.29, 0.717) is 33.5 Å². The maximum atomic E-state index is 12.4. The Morgan fingerprint density at radius 3 is 1.89 bits per heavy atom. The Morgan fingerprint density at radius 2 is 1.30 bits per heavy atom. The van der Waals surface area contributed by atoms with Crippen molar-refractivity contribution in [3.8, 4) is 23.0 Å². The maximum absolute atomic E-state index is 12.4. The highest BCUT2D eigenvalue weighted by Gasteiger charge is 2.10. The Morgan fingerprint density at radius 1 is 0.778 bits per heavy atom. The van der Waals surface area contributed by atoms with Gasteiger partial charge in [-0.15, -0.1) is 0 Å².